The molecule has 0 atom stereocenters. The molecule has 2 aromatic carbocycles. The number of hydrogen-bond donors (Lipinski definition) is 0. The summed E-state index contributed by atoms with van der Waals surface area (Å²) >= 11 is 0. The largest absolute Gasteiger partial charge is 0.437 e. The Bertz CT molecular complexity index is 1600. The zero-order chi connectivity index (χ0) is 26.0. The number of hydrogen-bond acceptors (Lipinski definition) is 7. The van der Waals surface area contributed by atoms with E-state index >= 15 is 0 Å². The summed E-state index contributed by atoms with van der Waals surface area (Å²) < 4.78 is 13.8. The monoisotopic (exact) mass is 513 g/mol. The van der Waals surface area contributed by atoms with Crippen molar-refractivity contribution in [3.63, 3.8) is 0 Å². The number of benzene rings is 2. The molecular weight excluding hydrogens is 486 g/mol. The van der Waals surface area contributed by atoms with Gasteiger partial charge >= 0.3 is 0 Å². The van der Waals surface area contributed by atoms with Gasteiger partial charge < -0.3 is 14.0 Å². The van der Waals surface area contributed by atoms with Crippen LogP contribution in [0.15, 0.2) is 73.2 Å². The topological polar surface area (TPSA) is 105 Å². The molecule has 3 heterocycles. The van der Waals surface area contributed by atoms with Crippen LogP contribution in [-0.2, 0) is 11.5 Å². The van der Waals surface area contributed by atoms with Crippen LogP contribution in [0.25, 0.3) is 33.2 Å². The highest BCUT2D eigenvalue weighted by atomic mass is 28.3. The van der Waals surface area contributed by atoms with E-state index < -0.39 is 13.0 Å². The SMILES string of the molecule is C[Si](C)(C)CCOCn1cc(-c2ccc3ncccc3c2)c2nc(Oc3cccc([N+](=O)[O-])c3)cnc21. The van der Waals surface area contributed by atoms with Crippen LogP contribution < -0.4 is 4.74 Å². The Morgan fingerprint density at radius 3 is 2.73 bits per heavy atom. The van der Waals surface area contributed by atoms with E-state index in [4.69, 9.17) is 14.5 Å². The molecule has 9 nitrogen and oxygen atoms in total. The summed E-state index contributed by atoms with van der Waals surface area (Å²) in [4.78, 5) is 24.5. The van der Waals surface area contributed by atoms with Crippen molar-refractivity contribution in [2.24, 2.45) is 0 Å². The summed E-state index contributed by atoms with van der Waals surface area (Å²) in [6.07, 6.45) is 5.29. The van der Waals surface area contributed by atoms with Crippen LogP contribution in [0.3, 0.4) is 0 Å². The Balaban J connectivity index is 1.52. The second kappa shape index (κ2) is 10.1. The molecule has 0 saturated carbocycles. The van der Waals surface area contributed by atoms with E-state index in [-0.39, 0.29) is 11.6 Å². The maximum absolute atomic E-state index is 11.1. The molecule has 37 heavy (non-hydrogen) atoms. The summed E-state index contributed by atoms with van der Waals surface area (Å²) in [5, 5.41) is 12.2. The van der Waals surface area contributed by atoms with Gasteiger partial charge in [-0.2, -0.15) is 0 Å². The molecule has 0 unspecified atom stereocenters. The Hall–Kier alpha value is -4.15. The lowest BCUT2D eigenvalue weighted by Gasteiger charge is -2.15. The minimum Gasteiger partial charge on any atom is -0.437 e. The molecule has 5 aromatic rings. The number of rotatable bonds is 9. The van der Waals surface area contributed by atoms with E-state index in [1.165, 1.54) is 18.3 Å². The first-order valence-corrected chi connectivity index (χ1v) is 15.7. The minimum atomic E-state index is -1.21. The Morgan fingerprint density at radius 1 is 1.05 bits per heavy atom. The molecule has 3 aromatic heterocycles. The molecule has 0 aliphatic heterocycles. The highest BCUT2D eigenvalue weighted by Crippen LogP contribution is 2.33. The molecule has 0 radical (unpaired) electrons. The highest BCUT2D eigenvalue weighted by Gasteiger charge is 2.17. The number of non-ortho nitro benzene ring substituents is 1. The first-order chi connectivity index (χ1) is 17.8. The Morgan fingerprint density at radius 2 is 1.92 bits per heavy atom. The third-order valence-corrected chi connectivity index (χ3v) is 7.64. The average molecular weight is 514 g/mol. The van der Waals surface area contributed by atoms with Crippen molar-refractivity contribution in [3.05, 3.63) is 83.3 Å². The van der Waals surface area contributed by atoms with Crippen molar-refractivity contribution < 1.29 is 14.4 Å². The number of nitrogens with zero attached hydrogens (tertiary/aromatic N) is 5. The fourth-order valence-corrected chi connectivity index (χ4v) is 4.72. The smallest absolute Gasteiger partial charge is 0.273 e. The number of nitro groups is 1. The van der Waals surface area contributed by atoms with E-state index in [0.29, 0.717) is 30.3 Å². The van der Waals surface area contributed by atoms with Gasteiger partial charge in [0, 0.05) is 44.1 Å². The van der Waals surface area contributed by atoms with Gasteiger partial charge in [-0.05, 0) is 35.9 Å². The lowest BCUT2D eigenvalue weighted by Crippen LogP contribution is -2.22. The van der Waals surface area contributed by atoms with Crippen molar-refractivity contribution in [2.45, 2.75) is 32.4 Å². The Kier molecular flexibility index (Phi) is 6.68. The van der Waals surface area contributed by atoms with Crippen LogP contribution in [-0.4, -0.2) is 39.1 Å². The molecule has 188 valence electrons. The third-order valence-electron chi connectivity index (χ3n) is 5.93. The molecule has 0 fully saturated rings. The van der Waals surface area contributed by atoms with E-state index in [1.54, 1.807) is 18.3 Å². The first kappa shape index (κ1) is 24.5. The molecule has 0 aliphatic rings. The maximum atomic E-state index is 11.1. The van der Waals surface area contributed by atoms with Crippen LogP contribution >= 0.6 is 0 Å². The van der Waals surface area contributed by atoms with Gasteiger partial charge in [-0.25, -0.2) is 9.97 Å². The van der Waals surface area contributed by atoms with Gasteiger partial charge in [0.05, 0.1) is 22.7 Å². The first-order valence-electron chi connectivity index (χ1n) is 12.0. The summed E-state index contributed by atoms with van der Waals surface area (Å²) in [6.45, 7) is 8.01. The Labute approximate surface area is 214 Å². The quantitative estimate of drug-likeness (QED) is 0.0939. The molecule has 0 aliphatic carbocycles. The van der Waals surface area contributed by atoms with Gasteiger partial charge in [0.15, 0.2) is 5.65 Å². The number of aromatic nitrogens is 4. The van der Waals surface area contributed by atoms with E-state index in [0.717, 1.165) is 28.1 Å². The van der Waals surface area contributed by atoms with Gasteiger partial charge in [0.2, 0.25) is 5.88 Å². The van der Waals surface area contributed by atoms with Gasteiger partial charge in [-0.3, -0.25) is 15.1 Å². The van der Waals surface area contributed by atoms with Crippen molar-refractivity contribution in [1.82, 2.24) is 19.5 Å². The van der Waals surface area contributed by atoms with Gasteiger partial charge in [-0.1, -0.05) is 37.8 Å². The molecule has 5 rings (SSSR count). The summed E-state index contributed by atoms with van der Waals surface area (Å²) in [5.74, 6) is 0.560. The second-order valence-corrected chi connectivity index (χ2v) is 15.6. The predicted molar refractivity (Wildman–Crippen MR) is 146 cm³/mol. The summed E-state index contributed by atoms with van der Waals surface area (Å²) in [7, 11) is -1.21. The number of nitro benzene ring substituents is 1. The zero-order valence-electron chi connectivity index (χ0n) is 20.9. The summed E-state index contributed by atoms with van der Waals surface area (Å²) in [5.41, 5.74) is 4.02. The molecule has 0 bridgehead atoms. The maximum Gasteiger partial charge on any atom is 0.273 e. The van der Waals surface area contributed by atoms with Crippen molar-refractivity contribution in [3.8, 4) is 22.8 Å². The third kappa shape index (κ3) is 5.65. The van der Waals surface area contributed by atoms with Crippen LogP contribution in [0.2, 0.25) is 25.7 Å². The van der Waals surface area contributed by atoms with Gasteiger partial charge in [0.25, 0.3) is 5.69 Å². The van der Waals surface area contributed by atoms with Crippen molar-refractivity contribution in [2.75, 3.05) is 6.61 Å². The molecule has 0 saturated heterocycles. The van der Waals surface area contributed by atoms with Crippen molar-refractivity contribution >= 4 is 35.8 Å². The highest BCUT2D eigenvalue weighted by molar-refractivity contribution is 6.76. The average Bonchev–Trinajstić information content (AvgIpc) is 3.23. The van der Waals surface area contributed by atoms with Crippen LogP contribution in [0, 0.1) is 10.1 Å². The second-order valence-electron chi connectivity index (χ2n) is 10.0. The molecule has 10 heteroatoms. The molecule has 0 spiro atoms. The fourth-order valence-electron chi connectivity index (χ4n) is 3.96. The van der Waals surface area contributed by atoms with Crippen molar-refractivity contribution in [1.29, 1.82) is 0 Å². The number of pyridine rings is 1. The summed E-state index contributed by atoms with van der Waals surface area (Å²) in [6, 6.07) is 17.1. The molecule has 0 amide bonds. The zero-order valence-corrected chi connectivity index (χ0v) is 21.9. The predicted octanol–water partition coefficient (Wildman–Crippen LogP) is 6.66. The molecular formula is C27H27N5O4Si. The lowest BCUT2D eigenvalue weighted by molar-refractivity contribution is -0.384. The van der Waals surface area contributed by atoms with Gasteiger partial charge in [-0.15, -0.1) is 0 Å². The normalized spacial score (nSPS) is 11.8. The lowest BCUT2D eigenvalue weighted by atomic mass is 10.1. The minimum absolute atomic E-state index is 0.0568. The molecule has 0 N–H and O–H groups in total. The van der Waals surface area contributed by atoms with E-state index in [2.05, 4.69) is 35.7 Å². The standard InChI is InChI=1S/C27H27N5O4Si/c1-37(2,3)13-12-35-18-31-17-23(19-9-10-24-20(14-19)6-5-11-28-24)26-27(31)29-16-25(30-26)36-22-8-4-7-21(15-22)32(33)34/h4-11,14-17H,12-13,18H2,1-3H3. The van der Waals surface area contributed by atoms with Crippen LogP contribution in [0.5, 0.6) is 11.6 Å². The van der Waals surface area contributed by atoms with Gasteiger partial charge in [0.1, 0.15) is 18.0 Å². The van der Waals surface area contributed by atoms with E-state index in [1.807, 2.05) is 35.0 Å². The van der Waals surface area contributed by atoms with E-state index in [9.17, 15) is 10.1 Å². The number of fused-ring (bicyclic) bond motifs is 2. The fraction of sp³-hybridized carbons (Fsp3) is 0.222. The number of ether oxygens (including phenoxy) is 2. The van der Waals surface area contributed by atoms with Crippen LogP contribution in [0.1, 0.15) is 0 Å². The van der Waals surface area contributed by atoms with Crippen LogP contribution in [0.4, 0.5) is 5.69 Å².